The minimum Gasteiger partial charge on any atom is -0.393 e. The Labute approximate surface area is 109 Å². The van der Waals surface area contributed by atoms with E-state index in [0.717, 1.165) is 18.8 Å². The molecule has 0 aromatic carbocycles. The second-order valence-corrected chi connectivity index (χ2v) is 6.22. The van der Waals surface area contributed by atoms with E-state index in [1.54, 1.807) is 11.3 Å². The fourth-order valence-corrected chi connectivity index (χ4v) is 3.74. The van der Waals surface area contributed by atoms with Gasteiger partial charge >= 0.3 is 0 Å². The number of aryl methyl sites for hydroxylation is 1. The Bertz CT molecular complexity index is 307. The van der Waals surface area contributed by atoms with Gasteiger partial charge in [0.1, 0.15) is 0 Å². The van der Waals surface area contributed by atoms with Gasteiger partial charge in [-0.05, 0) is 59.9 Å². The van der Waals surface area contributed by atoms with Crippen LogP contribution < -0.4 is 0 Å². The minimum absolute atomic E-state index is 0.0794. The Morgan fingerprint density at radius 1 is 1.47 bits per heavy atom. The summed E-state index contributed by atoms with van der Waals surface area (Å²) in [6.45, 7) is 2.28. The minimum atomic E-state index is -0.0794. The second-order valence-electron chi connectivity index (χ2n) is 5.44. The van der Waals surface area contributed by atoms with Crippen molar-refractivity contribution in [3.05, 3.63) is 22.4 Å². The van der Waals surface area contributed by atoms with Crippen LogP contribution in [0.4, 0.5) is 0 Å². The zero-order chi connectivity index (χ0) is 12.1. The highest BCUT2D eigenvalue weighted by Crippen LogP contribution is 2.34. The molecule has 0 saturated heterocycles. The lowest BCUT2D eigenvalue weighted by Crippen LogP contribution is -2.27. The Hall–Kier alpha value is -0.340. The van der Waals surface area contributed by atoms with Crippen LogP contribution in [0.15, 0.2) is 16.8 Å². The smallest absolute Gasteiger partial charge is 0.0571 e. The van der Waals surface area contributed by atoms with Gasteiger partial charge in [0.05, 0.1) is 6.10 Å². The van der Waals surface area contributed by atoms with E-state index in [1.165, 1.54) is 37.7 Å². The summed E-state index contributed by atoms with van der Waals surface area (Å²) in [6, 6.07) is 2.17. The topological polar surface area (TPSA) is 20.2 Å². The van der Waals surface area contributed by atoms with E-state index in [4.69, 9.17) is 0 Å². The molecule has 1 aromatic rings. The third kappa shape index (κ3) is 3.82. The van der Waals surface area contributed by atoms with Crippen molar-refractivity contribution in [1.29, 1.82) is 0 Å². The molecule has 1 fully saturated rings. The lowest BCUT2D eigenvalue weighted by molar-refractivity contribution is 0.0618. The number of aliphatic hydroxyl groups is 1. The Kier molecular flexibility index (Phi) is 5.05. The molecule has 0 aliphatic heterocycles. The van der Waals surface area contributed by atoms with Gasteiger partial charge in [-0.25, -0.2) is 0 Å². The van der Waals surface area contributed by atoms with Gasteiger partial charge in [0.2, 0.25) is 0 Å². The molecule has 3 atom stereocenters. The van der Waals surface area contributed by atoms with Crippen molar-refractivity contribution in [3.8, 4) is 0 Å². The molecule has 1 heterocycles. The van der Waals surface area contributed by atoms with Gasteiger partial charge in [-0.3, -0.25) is 0 Å². The summed E-state index contributed by atoms with van der Waals surface area (Å²) in [5.74, 6) is 1.43. The third-order valence-electron chi connectivity index (χ3n) is 4.25. The van der Waals surface area contributed by atoms with Crippen LogP contribution in [0, 0.1) is 11.8 Å². The Balaban J connectivity index is 1.76. The summed E-state index contributed by atoms with van der Waals surface area (Å²) in [5.41, 5.74) is 1.39. The molecule has 1 aromatic heterocycles. The average Bonchev–Trinajstić information content (AvgIpc) is 2.89. The van der Waals surface area contributed by atoms with E-state index in [-0.39, 0.29) is 6.10 Å². The maximum absolute atomic E-state index is 10.3. The van der Waals surface area contributed by atoms with Crippen molar-refractivity contribution < 1.29 is 5.11 Å². The van der Waals surface area contributed by atoms with Gasteiger partial charge in [0.25, 0.3) is 0 Å². The number of aliphatic hydroxyl groups excluding tert-OH is 1. The molecule has 1 nitrogen and oxygen atoms in total. The first kappa shape index (κ1) is 13.1. The molecule has 1 N–H and O–H groups in total. The van der Waals surface area contributed by atoms with E-state index >= 15 is 0 Å². The molecule has 3 unspecified atom stereocenters. The van der Waals surface area contributed by atoms with Gasteiger partial charge in [0.15, 0.2) is 0 Å². The first-order chi connectivity index (χ1) is 8.29. The molecule has 1 aliphatic carbocycles. The summed E-state index contributed by atoms with van der Waals surface area (Å²) in [4.78, 5) is 0. The molecule has 1 aliphatic rings. The number of thiophene rings is 1. The van der Waals surface area contributed by atoms with Gasteiger partial charge in [0, 0.05) is 0 Å². The van der Waals surface area contributed by atoms with Crippen molar-refractivity contribution >= 4 is 11.3 Å². The van der Waals surface area contributed by atoms with Crippen LogP contribution in [0.3, 0.4) is 0 Å². The lowest BCUT2D eigenvalue weighted by Gasteiger charge is -2.31. The van der Waals surface area contributed by atoms with Crippen molar-refractivity contribution in [3.63, 3.8) is 0 Å². The Morgan fingerprint density at radius 3 is 3.06 bits per heavy atom. The molecular weight excluding hydrogens is 228 g/mol. The zero-order valence-electron chi connectivity index (χ0n) is 10.8. The van der Waals surface area contributed by atoms with E-state index in [0.29, 0.717) is 5.92 Å². The molecule has 17 heavy (non-hydrogen) atoms. The van der Waals surface area contributed by atoms with Crippen molar-refractivity contribution in [1.82, 2.24) is 0 Å². The van der Waals surface area contributed by atoms with E-state index < -0.39 is 0 Å². The largest absolute Gasteiger partial charge is 0.393 e. The molecule has 2 heteroatoms. The molecule has 0 spiro atoms. The third-order valence-corrected chi connectivity index (χ3v) is 4.99. The summed E-state index contributed by atoms with van der Waals surface area (Å²) >= 11 is 1.75. The number of rotatable bonds is 5. The Morgan fingerprint density at radius 2 is 2.35 bits per heavy atom. The fourth-order valence-electron chi connectivity index (χ4n) is 3.04. The predicted octanol–water partition coefficient (Wildman–Crippen LogP) is 4.26. The summed E-state index contributed by atoms with van der Waals surface area (Å²) in [7, 11) is 0. The highest BCUT2D eigenvalue weighted by atomic mass is 32.1. The standard InChI is InChI=1S/C15H24OS/c1-2-12-4-3-5-14(10-12)15(16)7-6-13-8-9-17-11-13/h8-9,11-12,14-16H,2-7,10H2,1H3. The molecule has 0 bridgehead atoms. The van der Waals surface area contributed by atoms with E-state index in [2.05, 4.69) is 23.8 Å². The summed E-state index contributed by atoms with van der Waals surface area (Å²) < 4.78 is 0. The maximum atomic E-state index is 10.3. The van der Waals surface area contributed by atoms with Crippen LogP contribution in [0.5, 0.6) is 0 Å². The fraction of sp³-hybridized carbons (Fsp3) is 0.733. The van der Waals surface area contributed by atoms with Gasteiger partial charge in [-0.1, -0.05) is 26.2 Å². The molecule has 1 saturated carbocycles. The first-order valence-corrected chi connectivity index (χ1v) is 7.93. The maximum Gasteiger partial charge on any atom is 0.0571 e. The van der Waals surface area contributed by atoms with Crippen LogP contribution in [-0.2, 0) is 6.42 Å². The molecule has 0 amide bonds. The van der Waals surface area contributed by atoms with Crippen LogP contribution in [0.2, 0.25) is 0 Å². The van der Waals surface area contributed by atoms with Crippen LogP contribution in [0.1, 0.15) is 51.0 Å². The zero-order valence-corrected chi connectivity index (χ0v) is 11.6. The molecule has 0 radical (unpaired) electrons. The van der Waals surface area contributed by atoms with Crippen LogP contribution in [0.25, 0.3) is 0 Å². The summed E-state index contributed by atoms with van der Waals surface area (Å²) in [6.07, 6.45) is 8.37. The highest BCUT2D eigenvalue weighted by Gasteiger charge is 2.26. The van der Waals surface area contributed by atoms with E-state index in [1.807, 2.05) is 0 Å². The summed E-state index contributed by atoms with van der Waals surface area (Å²) in [5, 5.41) is 14.6. The van der Waals surface area contributed by atoms with Gasteiger partial charge < -0.3 is 5.11 Å². The SMILES string of the molecule is CCC1CCCC(C(O)CCc2ccsc2)C1. The first-order valence-electron chi connectivity index (χ1n) is 6.98. The quantitative estimate of drug-likeness (QED) is 0.830. The molecular formula is C15H24OS. The van der Waals surface area contributed by atoms with Gasteiger partial charge in [-0.2, -0.15) is 11.3 Å². The number of hydrogen-bond donors (Lipinski definition) is 1. The average molecular weight is 252 g/mol. The van der Waals surface area contributed by atoms with Crippen molar-refractivity contribution in [2.24, 2.45) is 11.8 Å². The van der Waals surface area contributed by atoms with Crippen LogP contribution in [-0.4, -0.2) is 11.2 Å². The van der Waals surface area contributed by atoms with Crippen LogP contribution >= 0.6 is 11.3 Å². The van der Waals surface area contributed by atoms with Gasteiger partial charge in [-0.15, -0.1) is 0 Å². The highest BCUT2D eigenvalue weighted by molar-refractivity contribution is 7.07. The molecule has 96 valence electrons. The van der Waals surface area contributed by atoms with Crippen molar-refractivity contribution in [2.75, 3.05) is 0 Å². The van der Waals surface area contributed by atoms with Crippen molar-refractivity contribution in [2.45, 2.75) is 58.0 Å². The molecule has 2 rings (SSSR count). The normalized spacial score (nSPS) is 26.9. The monoisotopic (exact) mass is 252 g/mol. The predicted molar refractivity (Wildman–Crippen MR) is 74.4 cm³/mol. The second kappa shape index (κ2) is 6.55. The number of hydrogen-bond acceptors (Lipinski definition) is 2. The van der Waals surface area contributed by atoms with E-state index in [9.17, 15) is 5.11 Å². The lowest BCUT2D eigenvalue weighted by atomic mass is 9.77.